The zero-order valence-electron chi connectivity index (χ0n) is 20.6. The molecule has 6 heteroatoms. The van der Waals surface area contributed by atoms with E-state index in [0.29, 0.717) is 31.1 Å². The summed E-state index contributed by atoms with van der Waals surface area (Å²) in [4.78, 5) is 2.59. The number of nitrogens with zero attached hydrogens (tertiary/aromatic N) is 1. The Bertz CT molecular complexity index is 803. The molecular weight excluding hydrogens is 436 g/mol. The number of rotatable bonds is 13. The highest BCUT2D eigenvalue weighted by molar-refractivity contribution is 5.85. The van der Waals surface area contributed by atoms with Gasteiger partial charge in [0.2, 0.25) is 0 Å². The van der Waals surface area contributed by atoms with E-state index in [1.807, 2.05) is 6.07 Å². The van der Waals surface area contributed by atoms with Crippen molar-refractivity contribution in [3.8, 4) is 11.5 Å². The Kier molecular flexibility index (Phi) is 12.0. The maximum absolute atomic E-state index is 6.00. The number of nitrogens with one attached hydrogen (secondary N) is 1. The zero-order valence-corrected chi connectivity index (χ0v) is 21.4. The molecule has 1 fully saturated rings. The third-order valence-corrected chi connectivity index (χ3v) is 6.38. The summed E-state index contributed by atoms with van der Waals surface area (Å²) < 4.78 is 16.6. The number of benzene rings is 2. The van der Waals surface area contributed by atoms with Crippen molar-refractivity contribution in [2.24, 2.45) is 11.8 Å². The van der Waals surface area contributed by atoms with Crippen LogP contribution in [0, 0.1) is 11.8 Å². The molecule has 2 atom stereocenters. The second kappa shape index (κ2) is 14.5. The molecule has 184 valence electrons. The Morgan fingerprint density at radius 2 is 1.70 bits per heavy atom. The lowest BCUT2D eigenvalue weighted by Crippen LogP contribution is -2.37. The first kappa shape index (κ1) is 27.5. The van der Waals surface area contributed by atoms with Crippen LogP contribution in [0.4, 0.5) is 0 Å². The van der Waals surface area contributed by atoms with Gasteiger partial charge >= 0.3 is 0 Å². The van der Waals surface area contributed by atoms with E-state index in [1.165, 1.54) is 11.1 Å². The van der Waals surface area contributed by atoms with Gasteiger partial charge in [0, 0.05) is 39.3 Å². The number of methoxy groups -OCH3 is 2. The number of halogens is 1. The highest BCUT2D eigenvalue weighted by Gasteiger charge is 2.29. The summed E-state index contributed by atoms with van der Waals surface area (Å²) in [6, 6.07) is 17.7. The van der Waals surface area contributed by atoms with E-state index >= 15 is 0 Å². The predicted molar refractivity (Wildman–Crippen MR) is 138 cm³/mol. The first-order chi connectivity index (χ1) is 15.6. The van der Waals surface area contributed by atoms with Crippen molar-refractivity contribution >= 4 is 12.4 Å². The molecule has 1 aliphatic rings. The second-order valence-corrected chi connectivity index (χ2v) is 9.07. The van der Waals surface area contributed by atoms with Crippen molar-refractivity contribution in [1.82, 2.24) is 10.2 Å². The summed E-state index contributed by atoms with van der Waals surface area (Å²) in [7, 11) is 3.41. The van der Waals surface area contributed by atoms with Crippen molar-refractivity contribution < 1.29 is 14.2 Å². The Hall–Kier alpha value is -1.79. The van der Waals surface area contributed by atoms with Crippen LogP contribution in [0.1, 0.15) is 31.4 Å². The minimum atomic E-state index is 0. The molecule has 1 saturated heterocycles. The summed E-state index contributed by atoms with van der Waals surface area (Å²) in [6.45, 7) is 10.1. The summed E-state index contributed by atoms with van der Waals surface area (Å²) in [5, 5.41) is 3.64. The van der Waals surface area contributed by atoms with Gasteiger partial charge in [0.1, 0.15) is 0 Å². The Morgan fingerprint density at radius 1 is 0.939 bits per heavy atom. The molecule has 1 N–H and O–H groups in total. The van der Waals surface area contributed by atoms with E-state index in [-0.39, 0.29) is 12.4 Å². The average molecular weight is 477 g/mol. The minimum absolute atomic E-state index is 0. The van der Waals surface area contributed by atoms with Gasteiger partial charge in [-0.2, -0.15) is 0 Å². The van der Waals surface area contributed by atoms with Gasteiger partial charge in [-0.05, 0) is 68.5 Å². The summed E-state index contributed by atoms with van der Waals surface area (Å²) >= 11 is 0. The van der Waals surface area contributed by atoms with Gasteiger partial charge in [-0.25, -0.2) is 0 Å². The van der Waals surface area contributed by atoms with Gasteiger partial charge in [-0.3, -0.25) is 4.90 Å². The fourth-order valence-corrected chi connectivity index (χ4v) is 4.47. The molecule has 1 heterocycles. The summed E-state index contributed by atoms with van der Waals surface area (Å²) in [5.41, 5.74) is 2.69. The van der Waals surface area contributed by atoms with Crippen molar-refractivity contribution in [3.05, 3.63) is 59.7 Å². The van der Waals surface area contributed by atoms with E-state index in [1.54, 1.807) is 14.2 Å². The molecular formula is C27H41ClN2O3. The quantitative estimate of drug-likeness (QED) is 0.420. The highest BCUT2D eigenvalue weighted by atomic mass is 35.5. The molecule has 0 bridgehead atoms. The molecule has 3 rings (SSSR count). The van der Waals surface area contributed by atoms with Gasteiger partial charge in [0.25, 0.3) is 0 Å². The third kappa shape index (κ3) is 8.49. The molecule has 0 amide bonds. The van der Waals surface area contributed by atoms with Crippen LogP contribution < -0.4 is 14.8 Å². The van der Waals surface area contributed by atoms with Gasteiger partial charge in [-0.15, -0.1) is 12.4 Å². The SMILES string of the molecule is COCCCOc1cc(CN(CC2CNCC2Cc2ccccc2)C(C)C)ccc1OC.Cl. The largest absolute Gasteiger partial charge is 0.493 e. The first-order valence-electron chi connectivity index (χ1n) is 11.9. The van der Waals surface area contributed by atoms with Crippen LogP contribution in [0.3, 0.4) is 0 Å². The van der Waals surface area contributed by atoms with Crippen LogP contribution in [0.15, 0.2) is 48.5 Å². The summed E-state index contributed by atoms with van der Waals surface area (Å²) in [6.07, 6.45) is 2.01. The standard InChI is InChI=1S/C27H40N2O3.ClH/c1-21(2)29(20-25-18-28-17-24(25)15-22-9-6-5-7-10-22)19-23-11-12-26(31-4)27(16-23)32-14-8-13-30-3;/h5-7,9-12,16,21,24-25,28H,8,13-15,17-20H2,1-4H3;1H. The fourth-order valence-electron chi connectivity index (χ4n) is 4.47. The topological polar surface area (TPSA) is 43.0 Å². The molecule has 0 saturated carbocycles. The molecule has 1 aliphatic heterocycles. The molecule has 2 aromatic carbocycles. The molecule has 0 radical (unpaired) electrons. The van der Waals surface area contributed by atoms with Crippen LogP contribution >= 0.6 is 12.4 Å². The Morgan fingerprint density at radius 3 is 2.39 bits per heavy atom. The first-order valence-corrected chi connectivity index (χ1v) is 11.9. The Labute approximate surface area is 206 Å². The number of hydrogen-bond acceptors (Lipinski definition) is 5. The fraction of sp³-hybridized carbons (Fsp3) is 0.556. The molecule has 2 unspecified atom stereocenters. The van der Waals surface area contributed by atoms with E-state index in [9.17, 15) is 0 Å². The average Bonchev–Trinajstić information content (AvgIpc) is 3.23. The smallest absolute Gasteiger partial charge is 0.161 e. The predicted octanol–water partition coefficient (Wildman–Crippen LogP) is 4.82. The van der Waals surface area contributed by atoms with E-state index in [4.69, 9.17) is 14.2 Å². The van der Waals surface area contributed by atoms with Gasteiger partial charge in [0.05, 0.1) is 13.7 Å². The lowest BCUT2D eigenvalue weighted by Gasteiger charge is -2.31. The molecule has 2 aromatic rings. The lowest BCUT2D eigenvalue weighted by atomic mass is 9.89. The van der Waals surface area contributed by atoms with Crippen molar-refractivity contribution in [1.29, 1.82) is 0 Å². The zero-order chi connectivity index (χ0) is 22.8. The highest BCUT2D eigenvalue weighted by Crippen LogP contribution is 2.30. The third-order valence-electron chi connectivity index (χ3n) is 6.38. The van der Waals surface area contributed by atoms with Crippen LogP contribution in [0.5, 0.6) is 11.5 Å². The monoisotopic (exact) mass is 476 g/mol. The van der Waals surface area contributed by atoms with E-state index < -0.39 is 0 Å². The van der Waals surface area contributed by atoms with Crippen molar-refractivity contribution in [2.45, 2.75) is 39.3 Å². The van der Waals surface area contributed by atoms with Crippen LogP contribution in [-0.2, 0) is 17.7 Å². The molecule has 0 aliphatic carbocycles. The maximum Gasteiger partial charge on any atom is 0.161 e. The summed E-state index contributed by atoms with van der Waals surface area (Å²) in [5.74, 6) is 2.93. The van der Waals surface area contributed by atoms with Crippen molar-refractivity contribution in [3.63, 3.8) is 0 Å². The van der Waals surface area contributed by atoms with E-state index in [0.717, 1.165) is 50.5 Å². The van der Waals surface area contributed by atoms with Crippen LogP contribution in [0.2, 0.25) is 0 Å². The van der Waals surface area contributed by atoms with Gasteiger partial charge in [-0.1, -0.05) is 36.4 Å². The van der Waals surface area contributed by atoms with E-state index in [2.05, 4.69) is 66.5 Å². The second-order valence-electron chi connectivity index (χ2n) is 9.07. The van der Waals surface area contributed by atoms with Crippen LogP contribution in [-0.4, -0.2) is 58.0 Å². The van der Waals surface area contributed by atoms with Gasteiger partial charge < -0.3 is 19.5 Å². The number of hydrogen-bond donors (Lipinski definition) is 1. The van der Waals surface area contributed by atoms with Crippen LogP contribution in [0.25, 0.3) is 0 Å². The minimum Gasteiger partial charge on any atom is -0.493 e. The Balaban J connectivity index is 0.00000385. The maximum atomic E-state index is 6.00. The molecule has 33 heavy (non-hydrogen) atoms. The molecule has 5 nitrogen and oxygen atoms in total. The van der Waals surface area contributed by atoms with Crippen molar-refractivity contribution in [2.75, 3.05) is 47.1 Å². The molecule has 0 aromatic heterocycles. The normalized spacial score (nSPS) is 17.9. The number of ether oxygens (including phenoxy) is 3. The van der Waals surface area contributed by atoms with Gasteiger partial charge in [0.15, 0.2) is 11.5 Å². The lowest BCUT2D eigenvalue weighted by molar-refractivity contribution is 0.165. The molecule has 0 spiro atoms.